The van der Waals surface area contributed by atoms with Gasteiger partial charge in [-0.3, -0.25) is 0 Å². The molecule has 0 amide bonds. The average molecular weight is 259 g/mol. The van der Waals surface area contributed by atoms with Crippen molar-refractivity contribution in [3.05, 3.63) is 29.8 Å². The Morgan fingerprint density at radius 2 is 2.11 bits per heavy atom. The highest BCUT2D eigenvalue weighted by molar-refractivity contribution is 5.83. The molecule has 1 aromatic heterocycles. The summed E-state index contributed by atoms with van der Waals surface area (Å²) >= 11 is 0. The third kappa shape index (κ3) is 2.96. The van der Waals surface area contributed by atoms with Crippen molar-refractivity contribution in [1.82, 2.24) is 9.88 Å². The molecule has 2 rings (SSSR count). The molecule has 0 aliphatic rings. The molecular weight excluding hydrogens is 238 g/mol. The maximum Gasteiger partial charge on any atom is 0.130 e. The molecule has 0 unspecified atom stereocenters. The van der Waals surface area contributed by atoms with Gasteiger partial charge in [0.2, 0.25) is 0 Å². The van der Waals surface area contributed by atoms with Gasteiger partial charge in [-0.25, -0.2) is 4.98 Å². The molecule has 19 heavy (non-hydrogen) atoms. The number of anilines is 1. The second kappa shape index (κ2) is 5.89. The third-order valence-corrected chi connectivity index (χ3v) is 3.32. The van der Waals surface area contributed by atoms with E-state index in [2.05, 4.69) is 41.3 Å². The Hall–Kier alpha value is -1.81. The lowest BCUT2D eigenvalue weighted by Gasteiger charge is -2.17. The van der Waals surface area contributed by atoms with Crippen LogP contribution in [-0.2, 0) is 6.54 Å². The fourth-order valence-corrected chi connectivity index (χ4v) is 2.06. The van der Waals surface area contributed by atoms with Gasteiger partial charge in [-0.2, -0.15) is 0 Å². The summed E-state index contributed by atoms with van der Waals surface area (Å²) in [6.45, 7) is 4.06. The molecule has 4 nitrogen and oxygen atoms in total. The van der Waals surface area contributed by atoms with E-state index in [4.69, 9.17) is 4.74 Å². The number of nitrogens with zero attached hydrogens (tertiary/aromatic N) is 2. The number of nitrogens with one attached hydrogen (secondary N) is 1. The Morgan fingerprint density at radius 3 is 2.74 bits per heavy atom. The normalized spacial score (nSPS) is 11.0. The van der Waals surface area contributed by atoms with Gasteiger partial charge in [0, 0.05) is 30.6 Å². The van der Waals surface area contributed by atoms with Crippen LogP contribution in [0.1, 0.15) is 12.5 Å². The summed E-state index contributed by atoms with van der Waals surface area (Å²) in [5, 5.41) is 4.31. The Balaban J connectivity index is 2.47. The number of fused-ring (bicyclic) bond motifs is 1. The zero-order valence-corrected chi connectivity index (χ0v) is 12.0. The van der Waals surface area contributed by atoms with Crippen LogP contribution >= 0.6 is 0 Å². The summed E-state index contributed by atoms with van der Waals surface area (Å²) in [5.41, 5.74) is 2.16. The summed E-state index contributed by atoms with van der Waals surface area (Å²) in [6, 6.07) is 8.18. The minimum absolute atomic E-state index is 0.834. The van der Waals surface area contributed by atoms with Crippen LogP contribution in [0.25, 0.3) is 10.9 Å². The lowest BCUT2D eigenvalue weighted by Crippen LogP contribution is -2.18. The maximum atomic E-state index is 5.24. The first-order chi connectivity index (χ1) is 9.17. The maximum absolute atomic E-state index is 5.24. The number of ether oxygens (including phenoxy) is 1. The van der Waals surface area contributed by atoms with E-state index in [-0.39, 0.29) is 0 Å². The second-order valence-electron chi connectivity index (χ2n) is 4.64. The van der Waals surface area contributed by atoms with Crippen molar-refractivity contribution in [1.29, 1.82) is 0 Å². The van der Waals surface area contributed by atoms with Crippen LogP contribution in [0.5, 0.6) is 5.75 Å². The van der Waals surface area contributed by atoms with Crippen molar-refractivity contribution in [2.24, 2.45) is 0 Å². The monoisotopic (exact) mass is 259 g/mol. The summed E-state index contributed by atoms with van der Waals surface area (Å²) < 4.78 is 5.24. The van der Waals surface area contributed by atoms with Crippen molar-refractivity contribution in [2.75, 3.05) is 33.1 Å². The smallest absolute Gasteiger partial charge is 0.130 e. The highest BCUT2D eigenvalue weighted by Gasteiger charge is 2.08. The van der Waals surface area contributed by atoms with Crippen molar-refractivity contribution in [3.63, 3.8) is 0 Å². The molecule has 0 atom stereocenters. The topological polar surface area (TPSA) is 37.4 Å². The first-order valence-electron chi connectivity index (χ1n) is 6.52. The van der Waals surface area contributed by atoms with Crippen LogP contribution in [0.4, 0.5) is 5.82 Å². The highest BCUT2D eigenvalue weighted by atomic mass is 16.5. The molecule has 4 heteroatoms. The van der Waals surface area contributed by atoms with E-state index in [1.54, 1.807) is 7.11 Å². The molecule has 0 aliphatic carbocycles. The molecule has 0 radical (unpaired) electrons. The molecule has 1 N–H and O–H groups in total. The predicted octanol–water partition coefficient (Wildman–Crippen LogP) is 2.74. The molecule has 1 heterocycles. The summed E-state index contributed by atoms with van der Waals surface area (Å²) in [5.74, 6) is 1.77. The molecule has 0 spiro atoms. The molecule has 1 aromatic carbocycles. The van der Waals surface area contributed by atoms with E-state index in [9.17, 15) is 0 Å². The van der Waals surface area contributed by atoms with Gasteiger partial charge in [0.25, 0.3) is 0 Å². The lowest BCUT2D eigenvalue weighted by atomic mass is 10.1. The van der Waals surface area contributed by atoms with Gasteiger partial charge in [-0.1, -0.05) is 6.92 Å². The molecule has 102 valence electrons. The predicted molar refractivity (Wildman–Crippen MR) is 79.8 cm³/mol. The van der Waals surface area contributed by atoms with E-state index in [0.29, 0.717) is 0 Å². The Labute approximate surface area is 114 Å². The van der Waals surface area contributed by atoms with Crippen LogP contribution in [0.3, 0.4) is 0 Å². The van der Waals surface area contributed by atoms with Crippen molar-refractivity contribution >= 4 is 16.7 Å². The van der Waals surface area contributed by atoms with Crippen LogP contribution in [0.2, 0.25) is 0 Å². The Kier molecular flexibility index (Phi) is 4.22. The number of methoxy groups -OCH3 is 1. The number of hydrogen-bond donors (Lipinski definition) is 1. The number of rotatable bonds is 5. The largest absolute Gasteiger partial charge is 0.497 e. The zero-order chi connectivity index (χ0) is 13.8. The fourth-order valence-electron chi connectivity index (χ4n) is 2.06. The third-order valence-electron chi connectivity index (χ3n) is 3.32. The molecule has 0 saturated heterocycles. The van der Waals surface area contributed by atoms with Gasteiger partial charge in [0.15, 0.2) is 0 Å². The standard InChI is InChI=1S/C15H21N3O/c1-5-18(3)10-12-8-11-6-7-13(19-4)9-14(11)17-15(12)16-2/h6-9H,5,10H2,1-4H3,(H,16,17). The minimum Gasteiger partial charge on any atom is -0.497 e. The summed E-state index contributed by atoms with van der Waals surface area (Å²) in [7, 11) is 5.69. The van der Waals surface area contributed by atoms with Crippen LogP contribution < -0.4 is 10.1 Å². The molecule has 0 aliphatic heterocycles. The number of aromatic nitrogens is 1. The van der Waals surface area contributed by atoms with E-state index in [0.717, 1.165) is 35.6 Å². The first-order valence-corrected chi connectivity index (χ1v) is 6.52. The van der Waals surface area contributed by atoms with E-state index < -0.39 is 0 Å². The van der Waals surface area contributed by atoms with E-state index >= 15 is 0 Å². The molecule has 0 saturated carbocycles. The quantitative estimate of drug-likeness (QED) is 0.896. The van der Waals surface area contributed by atoms with Crippen molar-refractivity contribution in [2.45, 2.75) is 13.5 Å². The van der Waals surface area contributed by atoms with Gasteiger partial charge in [-0.15, -0.1) is 0 Å². The van der Waals surface area contributed by atoms with Crippen LogP contribution in [-0.4, -0.2) is 37.6 Å². The highest BCUT2D eigenvalue weighted by Crippen LogP contribution is 2.24. The molecule has 2 aromatic rings. The van der Waals surface area contributed by atoms with Gasteiger partial charge >= 0.3 is 0 Å². The zero-order valence-electron chi connectivity index (χ0n) is 12.0. The van der Waals surface area contributed by atoms with Crippen LogP contribution in [0.15, 0.2) is 24.3 Å². The number of pyridine rings is 1. The number of hydrogen-bond acceptors (Lipinski definition) is 4. The minimum atomic E-state index is 0.834. The van der Waals surface area contributed by atoms with Crippen molar-refractivity contribution in [3.8, 4) is 5.75 Å². The average Bonchev–Trinajstić information content (AvgIpc) is 2.45. The molecular formula is C15H21N3O. The van der Waals surface area contributed by atoms with Crippen LogP contribution in [0, 0.1) is 0 Å². The Bertz CT molecular complexity index is 569. The Morgan fingerprint density at radius 1 is 1.32 bits per heavy atom. The fraction of sp³-hybridized carbons (Fsp3) is 0.400. The van der Waals surface area contributed by atoms with Gasteiger partial charge < -0.3 is 15.0 Å². The second-order valence-corrected chi connectivity index (χ2v) is 4.64. The van der Waals surface area contributed by atoms with Crippen molar-refractivity contribution < 1.29 is 4.74 Å². The van der Waals surface area contributed by atoms with Gasteiger partial charge in [0.1, 0.15) is 11.6 Å². The summed E-state index contributed by atoms with van der Waals surface area (Å²) in [4.78, 5) is 6.93. The summed E-state index contributed by atoms with van der Waals surface area (Å²) in [6.07, 6.45) is 0. The van der Waals surface area contributed by atoms with Gasteiger partial charge in [-0.05, 0) is 31.8 Å². The number of benzene rings is 1. The van der Waals surface area contributed by atoms with E-state index in [1.807, 2.05) is 19.2 Å². The first kappa shape index (κ1) is 13.6. The molecule has 0 fully saturated rings. The SMILES string of the molecule is CCN(C)Cc1cc2ccc(OC)cc2nc1NC. The van der Waals surface area contributed by atoms with Gasteiger partial charge in [0.05, 0.1) is 12.6 Å². The lowest BCUT2D eigenvalue weighted by molar-refractivity contribution is 0.346. The van der Waals surface area contributed by atoms with E-state index in [1.165, 1.54) is 5.56 Å². The molecule has 0 bridgehead atoms.